The SMILES string of the molecule is COC(=O)CC[C@H](NC(=O)c1ccc(NCC#Cc2cc3c(N[C@@H]4CCN(C)C[C@@H]4F)cccc3n2CC(F)(F)F)c(OC)c1)C(=O)O. The number of aliphatic carboxylic acids is 1. The molecule has 0 aliphatic carbocycles. The van der Waals surface area contributed by atoms with Crippen molar-refractivity contribution in [1.29, 1.82) is 0 Å². The van der Waals surface area contributed by atoms with Crippen molar-refractivity contribution in [3.8, 4) is 17.6 Å². The van der Waals surface area contributed by atoms with Crippen LogP contribution in [0.4, 0.5) is 28.9 Å². The van der Waals surface area contributed by atoms with E-state index in [0.29, 0.717) is 35.2 Å². The van der Waals surface area contributed by atoms with Crippen molar-refractivity contribution < 1.29 is 46.5 Å². The number of fused-ring (bicyclic) bond motifs is 1. The van der Waals surface area contributed by atoms with Crippen molar-refractivity contribution in [3.05, 3.63) is 53.7 Å². The number of amides is 1. The van der Waals surface area contributed by atoms with Crippen molar-refractivity contribution in [3.63, 3.8) is 0 Å². The molecular weight excluding hydrogens is 638 g/mol. The van der Waals surface area contributed by atoms with Crippen LogP contribution in [0.3, 0.4) is 0 Å². The summed E-state index contributed by atoms with van der Waals surface area (Å²) in [7, 11) is 4.37. The Morgan fingerprint density at radius 2 is 1.90 bits per heavy atom. The number of carbonyl (C=O) groups excluding carboxylic acids is 2. The highest BCUT2D eigenvalue weighted by Crippen LogP contribution is 2.32. The maximum atomic E-state index is 14.7. The summed E-state index contributed by atoms with van der Waals surface area (Å²) in [5.41, 5.74) is 1.47. The molecule has 258 valence electrons. The summed E-state index contributed by atoms with van der Waals surface area (Å²) in [6.45, 7) is -0.317. The van der Waals surface area contributed by atoms with Gasteiger partial charge in [0.15, 0.2) is 0 Å². The first-order chi connectivity index (χ1) is 22.8. The third kappa shape index (κ3) is 9.31. The van der Waals surface area contributed by atoms with Crippen LogP contribution in [-0.4, -0.2) is 97.8 Å². The first-order valence-electron chi connectivity index (χ1n) is 15.1. The highest BCUT2D eigenvalue weighted by molar-refractivity contribution is 5.97. The number of piperidine rings is 1. The third-order valence-electron chi connectivity index (χ3n) is 7.88. The molecule has 2 aromatic carbocycles. The van der Waals surface area contributed by atoms with Crippen molar-refractivity contribution in [2.45, 2.75) is 50.2 Å². The van der Waals surface area contributed by atoms with Gasteiger partial charge in [0, 0.05) is 36.1 Å². The molecule has 0 spiro atoms. The molecule has 1 amide bonds. The molecule has 15 heteroatoms. The number of nitrogens with zero attached hydrogens (tertiary/aromatic N) is 2. The van der Waals surface area contributed by atoms with E-state index in [9.17, 15) is 37.1 Å². The molecule has 4 N–H and O–H groups in total. The summed E-state index contributed by atoms with van der Waals surface area (Å²) in [6.07, 6.45) is -5.48. The molecule has 1 aromatic heterocycles. The summed E-state index contributed by atoms with van der Waals surface area (Å²) in [5, 5.41) is 18.5. The minimum atomic E-state index is -4.52. The van der Waals surface area contributed by atoms with Gasteiger partial charge < -0.3 is 40.0 Å². The molecule has 11 nitrogen and oxygen atoms in total. The van der Waals surface area contributed by atoms with Gasteiger partial charge in [0.1, 0.15) is 24.5 Å². The number of alkyl halides is 4. The summed E-state index contributed by atoms with van der Waals surface area (Å²) >= 11 is 0. The maximum Gasteiger partial charge on any atom is 0.406 e. The predicted octanol–water partition coefficient (Wildman–Crippen LogP) is 4.27. The fraction of sp³-hybridized carbons (Fsp3) is 0.424. The highest BCUT2D eigenvalue weighted by atomic mass is 19.4. The molecule has 48 heavy (non-hydrogen) atoms. The van der Waals surface area contributed by atoms with Crippen molar-refractivity contribution in [1.82, 2.24) is 14.8 Å². The van der Waals surface area contributed by atoms with Crippen LogP contribution in [0.5, 0.6) is 5.75 Å². The second kappa shape index (κ2) is 15.7. The van der Waals surface area contributed by atoms with Crippen LogP contribution in [0.2, 0.25) is 0 Å². The Morgan fingerprint density at radius 3 is 2.56 bits per heavy atom. The summed E-state index contributed by atoms with van der Waals surface area (Å²) in [6, 6.07) is 8.98. The van der Waals surface area contributed by atoms with Crippen molar-refractivity contribution in [2.24, 2.45) is 0 Å². The van der Waals surface area contributed by atoms with Gasteiger partial charge in [0.05, 0.1) is 43.7 Å². The Bertz CT molecular complexity index is 1700. The maximum absolute atomic E-state index is 14.7. The number of aromatic nitrogens is 1. The number of anilines is 2. The lowest BCUT2D eigenvalue weighted by molar-refractivity contribution is -0.142. The van der Waals surface area contributed by atoms with E-state index in [2.05, 4.69) is 32.5 Å². The number of carboxylic acids is 1. The van der Waals surface area contributed by atoms with E-state index in [0.717, 1.165) is 4.57 Å². The number of carbonyl (C=O) groups is 3. The molecule has 3 atom stereocenters. The standard InChI is InChI=1S/C33H37F4N5O6/c1-41-15-13-25(23(34)18-41)39-24-7-4-8-28-22(24)17-21(42(28)19-33(35,36)37)6-5-14-38-26-10-9-20(16-29(26)47-2)31(44)40-27(32(45)46)11-12-30(43)48-3/h4,7-10,16-17,23,25,27,38-39H,11-15,18-19H2,1-3H3,(H,40,44)(H,45,46)/t23-,25+,27-/m0/s1. The smallest absolute Gasteiger partial charge is 0.406 e. The molecule has 0 bridgehead atoms. The number of carboxylic acid groups (broad SMARTS) is 1. The van der Waals surface area contributed by atoms with Crippen molar-refractivity contribution in [2.75, 3.05) is 51.5 Å². The largest absolute Gasteiger partial charge is 0.495 e. The summed E-state index contributed by atoms with van der Waals surface area (Å²) in [4.78, 5) is 37.6. The Kier molecular flexibility index (Phi) is 11.8. The number of nitrogens with one attached hydrogen (secondary N) is 3. The quantitative estimate of drug-likeness (QED) is 0.126. The minimum Gasteiger partial charge on any atom is -0.495 e. The highest BCUT2D eigenvalue weighted by Gasteiger charge is 2.31. The van der Waals surface area contributed by atoms with Gasteiger partial charge in [-0.2, -0.15) is 13.2 Å². The Hall–Kier alpha value is -4.97. The van der Waals surface area contributed by atoms with Crippen LogP contribution in [0, 0.1) is 11.8 Å². The van der Waals surface area contributed by atoms with Crippen LogP contribution < -0.4 is 20.7 Å². The number of hydrogen-bond acceptors (Lipinski definition) is 8. The molecular formula is C33H37F4N5O6. The van der Waals surface area contributed by atoms with Gasteiger partial charge in [-0.25, -0.2) is 9.18 Å². The number of ether oxygens (including phenoxy) is 2. The van der Waals surface area contributed by atoms with Gasteiger partial charge in [0.25, 0.3) is 5.91 Å². The van der Waals surface area contributed by atoms with Crippen LogP contribution >= 0.6 is 0 Å². The number of benzene rings is 2. The predicted molar refractivity (Wildman–Crippen MR) is 171 cm³/mol. The van der Waals surface area contributed by atoms with Crippen LogP contribution in [0.15, 0.2) is 42.5 Å². The molecule has 3 aromatic rings. The topological polar surface area (TPSA) is 134 Å². The average Bonchev–Trinajstić information content (AvgIpc) is 3.38. The molecule has 1 saturated heterocycles. The average molecular weight is 676 g/mol. The lowest BCUT2D eigenvalue weighted by atomic mass is 10.0. The number of hydrogen-bond donors (Lipinski definition) is 4. The van der Waals surface area contributed by atoms with Crippen molar-refractivity contribution >= 4 is 40.1 Å². The van der Waals surface area contributed by atoms with E-state index in [1.807, 2.05) is 11.9 Å². The molecule has 1 aliphatic rings. The summed E-state index contributed by atoms with van der Waals surface area (Å²) < 4.78 is 66.6. The first kappa shape index (κ1) is 35.9. The van der Waals surface area contributed by atoms with E-state index < -0.39 is 48.8 Å². The first-order valence-corrected chi connectivity index (χ1v) is 15.1. The third-order valence-corrected chi connectivity index (χ3v) is 7.88. The zero-order valence-electron chi connectivity index (χ0n) is 26.6. The van der Waals surface area contributed by atoms with Gasteiger partial charge in [0.2, 0.25) is 0 Å². The lowest BCUT2D eigenvalue weighted by Crippen LogP contribution is -2.46. The van der Waals surface area contributed by atoms with Gasteiger partial charge in [-0.1, -0.05) is 12.0 Å². The zero-order chi connectivity index (χ0) is 35.0. The Labute approximate surface area is 274 Å². The number of rotatable bonds is 12. The second-order valence-electron chi connectivity index (χ2n) is 11.3. The van der Waals surface area contributed by atoms with E-state index >= 15 is 0 Å². The van der Waals surface area contributed by atoms with Gasteiger partial charge in [-0.15, -0.1) is 0 Å². The number of esters is 1. The summed E-state index contributed by atoms with van der Waals surface area (Å²) in [5.74, 6) is 3.24. The molecule has 0 radical (unpaired) electrons. The second-order valence-corrected chi connectivity index (χ2v) is 11.3. The van der Waals surface area contributed by atoms with E-state index in [4.69, 9.17) is 4.74 Å². The van der Waals surface area contributed by atoms with E-state index in [1.165, 1.54) is 32.4 Å². The molecule has 1 fully saturated rings. The molecule has 1 aliphatic heterocycles. The lowest BCUT2D eigenvalue weighted by Gasteiger charge is -2.33. The zero-order valence-corrected chi connectivity index (χ0v) is 26.6. The van der Waals surface area contributed by atoms with Gasteiger partial charge in [-0.05, 0) is 62.2 Å². The molecule has 2 heterocycles. The van der Waals surface area contributed by atoms with Crippen LogP contribution in [-0.2, 0) is 20.9 Å². The van der Waals surface area contributed by atoms with Crippen LogP contribution in [0.25, 0.3) is 10.9 Å². The molecule has 0 unspecified atom stereocenters. The number of likely N-dealkylation sites (tertiary alicyclic amines) is 1. The Morgan fingerprint density at radius 1 is 1.12 bits per heavy atom. The molecule has 4 rings (SSSR count). The number of methoxy groups -OCH3 is 2. The normalized spacial score (nSPS) is 17.1. The van der Waals surface area contributed by atoms with Crippen LogP contribution in [0.1, 0.15) is 35.3 Å². The fourth-order valence-corrected chi connectivity index (χ4v) is 5.40. The fourth-order valence-electron chi connectivity index (χ4n) is 5.40. The number of halogens is 4. The van der Waals surface area contributed by atoms with Gasteiger partial charge in [-0.3, -0.25) is 9.59 Å². The monoisotopic (exact) mass is 675 g/mol. The Balaban J connectivity index is 1.50. The van der Waals surface area contributed by atoms with Gasteiger partial charge >= 0.3 is 18.1 Å². The molecule has 0 saturated carbocycles. The van der Waals surface area contributed by atoms with E-state index in [-0.39, 0.29) is 42.9 Å². The minimum absolute atomic E-state index is 0.00566. The van der Waals surface area contributed by atoms with E-state index in [1.54, 1.807) is 24.3 Å².